The van der Waals surface area contributed by atoms with Crippen molar-refractivity contribution in [3.8, 4) is 11.1 Å². The van der Waals surface area contributed by atoms with Crippen LogP contribution in [-0.2, 0) is 26.0 Å². The molecule has 1 aliphatic carbocycles. The zero-order chi connectivity index (χ0) is 33.0. The number of rotatable bonds is 11. The number of aromatic nitrogens is 2. The Morgan fingerprint density at radius 1 is 0.957 bits per heavy atom. The average molecular weight is 647 g/mol. The lowest BCUT2D eigenvalue weighted by Crippen LogP contribution is -2.48. The number of fused-ring (bicyclic) bond motifs is 1. The van der Waals surface area contributed by atoms with Gasteiger partial charge in [-0.05, 0) is 112 Å². The van der Waals surface area contributed by atoms with Gasteiger partial charge in [0, 0.05) is 24.1 Å². The topological polar surface area (TPSA) is 179 Å². The van der Waals surface area contributed by atoms with Crippen LogP contribution >= 0.6 is 0 Å². The smallest absolute Gasteiger partial charge is 0.271 e. The molecule has 1 fully saturated rings. The first-order valence-electron chi connectivity index (χ1n) is 15.7. The first kappa shape index (κ1) is 33.1. The van der Waals surface area contributed by atoms with Crippen molar-refractivity contribution in [3.63, 3.8) is 0 Å². The number of nitrogens with one attached hydrogen (secondary N) is 5. The van der Waals surface area contributed by atoms with E-state index in [2.05, 4.69) is 25.6 Å². The van der Waals surface area contributed by atoms with E-state index in [9.17, 15) is 22.8 Å². The molecule has 0 saturated heterocycles. The first-order chi connectivity index (χ1) is 21.9. The van der Waals surface area contributed by atoms with Crippen molar-refractivity contribution in [2.45, 2.75) is 69.9 Å². The van der Waals surface area contributed by atoms with Gasteiger partial charge in [-0.15, -0.1) is 0 Å². The molecule has 0 spiro atoms. The van der Waals surface area contributed by atoms with Crippen molar-refractivity contribution >= 4 is 38.4 Å². The van der Waals surface area contributed by atoms with E-state index in [1.54, 1.807) is 50.2 Å². The molecule has 1 heterocycles. The largest absolute Gasteiger partial charge is 0.344 e. The number of sulfonamides is 1. The van der Waals surface area contributed by atoms with E-state index in [4.69, 9.17) is 5.73 Å². The molecule has 0 bridgehead atoms. The van der Waals surface area contributed by atoms with Crippen LogP contribution in [-0.4, -0.2) is 49.1 Å². The molecule has 11 nitrogen and oxygen atoms in total. The van der Waals surface area contributed by atoms with Gasteiger partial charge in [-0.3, -0.25) is 24.6 Å². The van der Waals surface area contributed by atoms with Crippen LogP contribution < -0.4 is 26.6 Å². The Bertz CT molecular complexity index is 1870. The van der Waals surface area contributed by atoms with Gasteiger partial charge in [0.05, 0.1) is 15.8 Å². The maximum absolute atomic E-state index is 13.6. The number of anilines is 1. The molecule has 5 rings (SSSR count). The quantitative estimate of drug-likeness (QED) is 0.144. The van der Waals surface area contributed by atoms with E-state index in [0.29, 0.717) is 29.1 Å². The highest BCUT2D eigenvalue weighted by Crippen LogP contribution is 2.29. The molecule has 0 radical (unpaired) electrons. The molecule has 3 aromatic carbocycles. The van der Waals surface area contributed by atoms with Crippen LogP contribution in [0, 0.1) is 18.8 Å². The standard InChI is InChI=1S/C34H42N6O5S/c1-20(2)40-46(44,45)27-13-15-28(21(3)16-27)24-8-4-22(5-9-24)17-31(37-32(41)25-10-6-23(19-35)7-11-25)34(43)36-26-12-14-29-30(18-26)38-39-33(29)42/h4-5,8-9,12-16,18,20,23,25,31,40H,6-7,10-11,17,19,35H2,1-3H3,(H,36,43)(H,37,41)(H2,38,39,42). The second-order valence-electron chi connectivity index (χ2n) is 12.5. The van der Waals surface area contributed by atoms with Crippen molar-refractivity contribution in [3.05, 3.63) is 82.1 Å². The Kier molecular flexibility index (Phi) is 10.1. The number of hydrogen-bond donors (Lipinski definition) is 6. The number of benzene rings is 3. The Morgan fingerprint density at radius 3 is 2.33 bits per heavy atom. The normalized spacial score (nSPS) is 17.6. The van der Waals surface area contributed by atoms with Crippen LogP contribution in [0.5, 0.6) is 0 Å². The summed E-state index contributed by atoms with van der Waals surface area (Å²) in [7, 11) is -3.61. The zero-order valence-electron chi connectivity index (χ0n) is 26.4. The van der Waals surface area contributed by atoms with E-state index in [1.807, 2.05) is 31.2 Å². The van der Waals surface area contributed by atoms with Gasteiger partial charge in [0.25, 0.3) is 5.56 Å². The highest BCUT2D eigenvalue weighted by Gasteiger charge is 2.29. The Morgan fingerprint density at radius 2 is 1.67 bits per heavy atom. The highest BCUT2D eigenvalue weighted by molar-refractivity contribution is 7.89. The number of aryl methyl sites for hydroxylation is 1. The van der Waals surface area contributed by atoms with Crippen molar-refractivity contribution in [1.29, 1.82) is 0 Å². The number of nitrogens with two attached hydrogens (primary N) is 1. The highest BCUT2D eigenvalue weighted by atomic mass is 32.2. The van der Waals surface area contributed by atoms with Gasteiger partial charge in [0.2, 0.25) is 21.8 Å². The van der Waals surface area contributed by atoms with E-state index < -0.39 is 16.1 Å². The van der Waals surface area contributed by atoms with Crippen molar-refractivity contribution < 1.29 is 18.0 Å². The third-order valence-corrected chi connectivity index (χ3v) is 10.3. The summed E-state index contributed by atoms with van der Waals surface area (Å²) < 4.78 is 27.9. The summed E-state index contributed by atoms with van der Waals surface area (Å²) in [6, 6.07) is 16.6. The van der Waals surface area contributed by atoms with Gasteiger partial charge < -0.3 is 16.4 Å². The molecule has 1 saturated carbocycles. The fraction of sp³-hybridized carbons (Fsp3) is 0.382. The van der Waals surface area contributed by atoms with Crippen LogP contribution in [0.4, 0.5) is 5.69 Å². The lowest BCUT2D eigenvalue weighted by atomic mass is 9.81. The van der Waals surface area contributed by atoms with Crippen molar-refractivity contribution in [2.75, 3.05) is 11.9 Å². The lowest BCUT2D eigenvalue weighted by Gasteiger charge is -2.28. The molecule has 7 N–H and O–H groups in total. The number of carbonyl (C=O) groups is 2. The molecule has 4 aromatic rings. The van der Waals surface area contributed by atoms with E-state index >= 15 is 0 Å². The summed E-state index contributed by atoms with van der Waals surface area (Å²) in [5.74, 6) is -0.257. The predicted octanol–water partition coefficient (Wildman–Crippen LogP) is 3.95. The van der Waals surface area contributed by atoms with Gasteiger partial charge >= 0.3 is 0 Å². The zero-order valence-corrected chi connectivity index (χ0v) is 27.2. The molecule has 1 aromatic heterocycles. The number of hydrogen-bond acceptors (Lipinski definition) is 6. The summed E-state index contributed by atoms with van der Waals surface area (Å²) in [6.45, 7) is 6.04. The van der Waals surface area contributed by atoms with Crippen LogP contribution in [0.25, 0.3) is 22.0 Å². The third-order valence-electron chi connectivity index (χ3n) is 8.63. The molecule has 12 heteroatoms. The minimum atomic E-state index is -3.61. The Balaban J connectivity index is 1.34. The Hall–Kier alpha value is -4.26. The van der Waals surface area contributed by atoms with Crippen molar-refractivity contribution in [1.82, 2.24) is 20.2 Å². The molecular weight excluding hydrogens is 604 g/mol. The van der Waals surface area contributed by atoms with Gasteiger partial charge in [0.1, 0.15) is 6.04 Å². The molecule has 1 aliphatic rings. The second kappa shape index (κ2) is 14.0. The molecule has 244 valence electrons. The number of carbonyl (C=O) groups excluding carboxylic acids is 2. The molecule has 1 unspecified atom stereocenters. The van der Waals surface area contributed by atoms with Gasteiger partial charge in [-0.25, -0.2) is 13.1 Å². The number of aromatic amines is 2. The fourth-order valence-corrected chi connectivity index (χ4v) is 7.40. The van der Waals surface area contributed by atoms with E-state index in [-0.39, 0.29) is 40.6 Å². The van der Waals surface area contributed by atoms with Crippen LogP contribution in [0.1, 0.15) is 50.7 Å². The number of amides is 2. The monoisotopic (exact) mass is 646 g/mol. The van der Waals surface area contributed by atoms with Crippen LogP contribution in [0.2, 0.25) is 0 Å². The average Bonchev–Trinajstić information content (AvgIpc) is 3.40. The maximum Gasteiger partial charge on any atom is 0.271 e. The predicted molar refractivity (Wildman–Crippen MR) is 180 cm³/mol. The third kappa shape index (κ3) is 7.75. The molecular formula is C34H42N6O5S. The fourth-order valence-electron chi connectivity index (χ4n) is 6.07. The van der Waals surface area contributed by atoms with Crippen LogP contribution in [0.3, 0.4) is 0 Å². The summed E-state index contributed by atoms with van der Waals surface area (Å²) in [5, 5.41) is 11.7. The van der Waals surface area contributed by atoms with Gasteiger partial charge in [0.15, 0.2) is 0 Å². The lowest BCUT2D eigenvalue weighted by molar-refractivity contribution is -0.130. The summed E-state index contributed by atoms with van der Waals surface area (Å²) in [4.78, 5) is 39.1. The summed E-state index contributed by atoms with van der Waals surface area (Å²) >= 11 is 0. The van der Waals surface area contributed by atoms with Crippen molar-refractivity contribution in [2.24, 2.45) is 17.6 Å². The van der Waals surface area contributed by atoms with Crippen LogP contribution in [0.15, 0.2) is 70.4 Å². The number of H-pyrrole nitrogens is 2. The van der Waals surface area contributed by atoms with E-state index in [0.717, 1.165) is 47.9 Å². The summed E-state index contributed by atoms with van der Waals surface area (Å²) in [5.41, 5.74) is 10.1. The summed E-state index contributed by atoms with van der Waals surface area (Å²) in [6.07, 6.45) is 3.52. The maximum atomic E-state index is 13.6. The molecule has 1 atom stereocenters. The van der Waals surface area contributed by atoms with Gasteiger partial charge in [-0.1, -0.05) is 30.3 Å². The van der Waals surface area contributed by atoms with Gasteiger partial charge in [-0.2, -0.15) is 0 Å². The second-order valence-corrected chi connectivity index (χ2v) is 14.2. The molecule has 0 aliphatic heterocycles. The minimum absolute atomic E-state index is 0.143. The van der Waals surface area contributed by atoms with E-state index in [1.165, 1.54) is 0 Å². The first-order valence-corrected chi connectivity index (χ1v) is 17.2. The Labute approximate surface area is 268 Å². The molecule has 46 heavy (non-hydrogen) atoms. The molecule has 2 amide bonds. The minimum Gasteiger partial charge on any atom is -0.344 e. The SMILES string of the molecule is Cc1cc(S(=O)(=O)NC(C)C)ccc1-c1ccc(CC(NC(=O)C2CCC(CN)CC2)C(=O)Nc2ccc3c(=O)[nH][nH]c3c2)cc1.